The average molecular weight is 1390 g/mol. The van der Waals surface area contributed by atoms with Crippen molar-refractivity contribution in [3.63, 3.8) is 0 Å². The summed E-state index contributed by atoms with van der Waals surface area (Å²) in [5.41, 5.74) is 6.35. The Morgan fingerprint density at radius 2 is 0.417 bits per heavy atom. The average Bonchev–Trinajstić information content (AvgIpc) is 1.33. The third-order valence-corrected chi connectivity index (χ3v) is 28.0. The van der Waals surface area contributed by atoms with Gasteiger partial charge in [0.1, 0.15) is 16.9 Å². The maximum absolute atomic E-state index is 7.19. The lowest BCUT2D eigenvalue weighted by atomic mass is 9.93. The molecule has 488 valence electrons. The summed E-state index contributed by atoms with van der Waals surface area (Å²) < 4.78 is 21.1. The lowest BCUT2D eigenvalue weighted by molar-refractivity contribution is 0.500. The van der Waals surface area contributed by atoms with Gasteiger partial charge in [-0.1, -0.05) is 382 Å². The fraction of sp³-hybridized carbons (Fsp3) is 0. The summed E-state index contributed by atoms with van der Waals surface area (Å²) in [6.07, 6.45) is 0. The Morgan fingerprint density at radius 1 is 0.194 bits per heavy atom. The summed E-state index contributed by atoms with van der Waals surface area (Å²) in [7, 11) is -4.65. The third kappa shape index (κ3) is 12.3. The molecule has 0 aliphatic carbocycles. The molecule has 0 unspecified atom stereocenters. The summed E-state index contributed by atoms with van der Waals surface area (Å²) in [6, 6.07) is 145. The van der Waals surface area contributed by atoms with Crippen LogP contribution in [0.1, 0.15) is 0 Å². The summed E-state index contributed by atoms with van der Waals surface area (Å²) in [6.45, 7) is 0. The Hall–Kier alpha value is -11.5. The highest BCUT2D eigenvalue weighted by molar-refractivity contribution is 7.81. The van der Waals surface area contributed by atoms with Gasteiger partial charge in [-0.2, -0.15) is 0 Å². The van der Waals surface area contributed by atoms with Gasteiger partial charge in [-0.25, -0.2) is 0 Å². The lowest BCUT2D eigenvalue weighted by Gasteiger charge is -2.28. The van der Waals surface area contributed by atoms with Gasteiger partial charge in [0.05, 0.1) is 0 Å². The van der Waals surface area contributed by atoms with Crippen LogP contribution in [0.2, 0.25) is 0 Å². The Kier molecular flexibility index (Phi) is 17.6. The van der Waals surface area contributed by atoms with Crippen LogP contribution in [0.5, 0.6) is 5.75 Å². The van der Waals surface area contributed by atoms with Gasteiger partial charge >= 0.3 is 8.24 Å². The van der Waals surface area contributed by atoms with Crippen molar-refractivity contribution in [2.75, 3.05) is 0 Å². The first kappa shape index (κ1) is 63.7. The molecule has 103 heavy (non-hydrogen) atoms. The molecule has 0 aliphatic rings. The Labute approximate surface area is 603 Å². The van der Waals surface area contributed by atoms with E-state index in [4.69, 9.17) is 12.9 Å². The minimum atomic E-state index is -1.97. The van der Waals surface area contributed by atoms with E-state index < -0.39 is 32.0 Å². The maximum atomic E-state index is 7.19. The fourth-order valence-corrected chi connectivity index (χ4v) is 23.4. The van der Waals surface area contributed by atoms with Crippen LogP contribution in [0.4, 0.5) is 0 Å². The van der Waals surface area contributed by atoms with E-state index in [0.717, 1.165) is 65.4 Å². The van der Waals surface area contributed by atoms with Gasteiger partial charge in [-0.15, -0.1) is 0 Å². The SMILES string of the molecule is c1ccc(P(c2ccccc2)c2ccc3ccccc3c2-c2c(Op3oc4ccc5ccccc5c4c4c(ccc5ccccc54)o3)ccc3ccccc23)cc1.c1ccc(P(c2ccccc2)c2ccc3ccccc3c2-c2c(P(c3ccccc3)c3ccccc3)ccc3ccccc23)cc1. The third-order valence-electron chi connectivity index (χ3n) is 19.5. The van der Waals surface area contributed by atoms with Crippen LogP contribution in [0.3, 0.4) is 0 Å². The molecule has 1 aromatic heterocycles. The summed E-state index contributed by atoms with van der Waals surface area (Å²) >= 11 is 0. The molecule has 19 aromatic rings. The van der Waals surface area contributed by atoms with Crippen LogP contribution in [0.25, 0.3) is 109 Å². The minimum Gasteiger partial charge on any atom is -0.390 e. The molecular weight excluding hydrogens is 1320 g/mol. The monoisotopic (exact) mass is 1390 g/mol. The standard InChI is InChI=1S/C52H34O3P2.C44H32P2/c1-3-19-39(20-4-1)56(40-21-5-2-6-22-40)48-34-30-38-18-10-14-26-44(38)52(48)51-43-25-13-9-17-37(43)29-33-47(51)55-57-53-45-31-27-35-15-7-11-23-41(35)49(45)50-42-24-12-8-16-36(42)28-32-46(50)54-57;1-5-19-35(20-6-1)45(36-21-7-2-8-22-36)41-31-29-33-17-13-15-27-39(33)43(41)44-40-28-16-14-18-34(40)30-32-42(44)46(37-23-9-3-10-24-37)38-25-11-4-12-26-38/h1-34H;1-32H. The van der Waals surface area contributed by atoms with Crippen molar-refractivity contribution in [1.82, 2.24) is 0 Å². The highest BCUT2D eigenvalue weighted by Crippen LogP contribution is 2.51. The normalized spacial score (nSPS) is 11.6. The second kappa shape index (κ2) is 28.5. The first-order valence-electron chi connectivity index (χ1n) is 34.8. The number of fused-ring (bicyclic) bond motifs is 11. The lowest BCUT2D eigenvalue weighted by Crippen LogP contribution is -2.26. The van der Waals surface area contributed by atoms with Crippen LogP contribution in [0.15, 0.2) is 409 Å². The van der Waals surface area contributed by atoms with E-state index in [0.29, 0.717) is 5.75 Å². The van der Waals surface area contributed by atoms with Crippen molar-refractivity contribution in [1.29, 1.82) is 0 Å². The van der Waals surface area contributed by atoms with E-state index in [1.54, 1.807) is 0 Å². The predicted molar refractivity (Wildman–Crippen MR) is 447 cm³/mol. The molecule has 0 saturated carbocycles. The zero-order valence-corrected chi connectivity index (χ0v) is 59.7. The maximum Gasteiger partial charge on any atom is 0.453 e. The molecule has 0 atom stereocenters. The Bertz CT molecular complexity index is 5970. The van der Waals surface area contributed by atoms with E-state index >= 15 is 0 Å². The predicted octanol–water partition coefficient (Wildman–Crippen LogP) is 23.3. The molecule has 0 radical (unpaired) electrons. The summed E-state index contributed by atoms with van der Waals surface area (Å²) in [5, 5.41) is 28.2. The quantitative estimate of drug-likeness (QED) is 0.108. The number of benzene rings is 18. The van der Waals surface area contributed by atoms with Gasteiger partial charge in [0.2, 0.25) is 0 Å². The van der Waals surface area contributed by atoms with Crippen LogP contribution in [-0.4, -0.2) is 0 Å². The highest BCUT2D eigenvalue weighted by atomic mass is 31.1. The van der Waals surface area contributed by atoms with Crippen LogP contribution < -0.4 is 52.3 Å². The Morgan fingerprint density at radius 3 is 0.718 bits per heavy atom. The molecule has 3 nitrogen and oxygen atoms in total. The molecule has 18 aromatic carbocycles. The molecule has 1 heterocycles. The summed E-state index contributed by atoms with van der Waals surface area (Å²) in [4.78, 5) is 0. The largest absolute Gasteiger partial charge is 0.453 e. The van der Waals surface area contributed by atoms with E-state index in [9.17, 15) is 0 Å². The highest BCUT2D eigenvalue weighted by Gasteiger charge is 2.30. The molecule has 7 heteroatoms. The molecule has 19 rings (SSSR count). The number of hydrogen-bond acceptors (Lipinski definition) is 3. The van der Waals surface area contributed by atoms with E-state index in [-0.39, 0.29) is 0 Å². The number of rotatable bonds is 13. The van der Waals surface area contributed by atoms with Gasteiger partial charge in [0, 0.05) is 21.9 Å². The number of hydrogen-bond donors (Lipinski definition) is 0. The van der Waals surface area contributed by atoms with Gasteiger partial charge in [-0.3, -0.25) is 0 Å². The van der Waals surface area contributed by atoms with Crippen molar-refractivity contribution in [2.24, 2.45) is 0 Å². The molecular formula is C96H66O3P4. The van der Waals surface area contributed by atoms with Gasteiger partial charge in [-0.05, 0) is 165 Å². The second-order valence-electron chi connectivity index (χ2n) is 25.5. The van der Waals surface area contributed by atoms with Crippen LogP contribution in [0, 0.1) is 0 Å². The van der Waals surface area contributed by atoms with Crippen LogP contribution in [-0.2, 0) is 0 Å². The zero-order valence-electron chi connectivity index (χ0n) is 56.1. The van der Waals surface area contributed by atoms with Crippen molar-refractivity contribution in [2.45, 2.75) is 0 Å². The molecule has 0 fully saturated rings. The second-order valence-corrected chi connectivity index (χ2v) is 33.1. The molecule has 0 amide bonds. The molecule has 0 spiro atoms. The van der Waals surface area contributed by atoms with Gasteiger partial charge in [0.15, 0.2) is 0 Å². The Balaban J connectivity index is 0.000000151. The van der Waals surface area contributed by atoms with E-state index in [1.165, 1.54) is 91.2 Å². The van der Waals surface area contributed by atoms with Crippen molar-refractivity contribution < 1.29 is 12.9 Å². The molecule has 0 bridgehead atoms. The smallest absolute Gasteiger partial charge is 0.390 e. The van der Waals surface area contributed by atoms with E-state index in [1.807, 2.05) is 0 Å². The van der Waals surface area contributed by atoms with Crippen molar-refractivity contribution in [3.05, 3.63) is 400 Å². The topological polar surface area (TPSA) is 35.5 Å². The van der Waals surface area contributed by atoms with Crippen molar-refractivity contribution >= 4 is 166 Å². The first-order chi connectivity index (χ1) is 51.1. The minimum absolute atomic E-state index is 0.708. The van der Waals surface area contributed by atoms with Crippen LogP contribution >= 0.6 is 32.0 Å². The van der Waals surface area contributed by atoms with E-state index in [2.05, 4.69) is 400 Å². The molecule has 0 saturated heterocycles. The van der Waals surface area contributed by atoms with Gasteiger partial charge in [0.25, 0.3) is 0 Å². The van der Waals surface area contributed by atoms with Crippen molar-refractivity contribution in [3.8, 4) is 28.0 Å². The first-order valence-corrected chi connectivity index (χ1v) is 39.9. The summed E-state index contributed by atoms with van der Waals surface area (Å²) in [5.74, 6) is 0.708. The zero-order chi connectivity index (χ0) is 68.4. The fourth-order valence-electron chi connectivity index (χ4n) is 14.9. The molecule has 0 aliphatic heterocycles. The van der Waals surface area contributed by atoms with Gasteiger partial charge < -0.3 is 12.9 Å². The molecule has 0 N–H and O–H groups in total.